The van der Waals surface area contributed by atoms with Gasteiger partial charge in [0.15, 0.2) is 0 Å². The third kappa shape index (κ3) is 6.29. The summed E-state index contributed by atoms with van der Waals surface area (Å²) in [7, 11) is 0. The van der Waals surface area contributed by atoms with Crippen molar-refractivity contribution < 1.29 is 14.7 Å². The van der Waals surface area contributed by atoms with Gasteiger partial charge in [0.1, 0.15) is 0 Å². The van der Waals surface area contributed by atoms with E-state index in [1.165, 1.54) is 0 Å². The molecule has 0 unspecified atom stereocenters. The molecule has 1 heterocycles. The first-order valence-electron chi connectivity index (χ1n) is 6.84. The lowest BCUT2D eigenvalue weighted by Gasteiger charge is -2.28. The first-order valence-corrected chi connectivity index (χ1v) is 7.89. The number of amides is 1. The van der Waals surface area contributed by atoms with Crippen LogP contribution >= 0.6 is 11.8 Å². The number of nitrogens with one attached hydrogen (secondary N) is 1. The van der Waals surface area contributed by atoms with Gasteiger partial charge in [-0.1, -0.05) is 0 Å². The van der Waals surface area contributed by atoms with Crippen LogP contribution < -0.4 is 5.32 Å². The van der Waals surface area contributed by atoms with Crippen molar-refractivity contribution in [1.29, 1.82) is 0 Å². The summed E-state index contributed by atoms with van der Waals surface area (Å²) < 4.78 is 0. The van der Waals surface area contributed by atoms with Crippen LogP contribution in [0.2, 0.25) is 0 Å². The minimum absolute atomic E-state index is 0.0158. The Morgan fingerprint density at radius 1 is 1.37 bits per heavy atom. The minimum atomic E-state index is -0.857. The lowest BCUT2D eigenvalue weighted by atomic mass is 10.2. The van der Waals surface area contributed by atoms with Crippen molar-refractivity contribution >= 4 is 23.6 Å². The van der Waals surface area contributed by atoms with Crippen molar-refractivity contribution in [2.75, 3.05) is 25.4 Å². The van der Waals surface area contributed by atoms with E-state index < -0.39 is 5.97 Å². The molecule has 0 radical (unpaired) electrons. The monoisotopic (exact) mass is 288 g/mol. The molecule has 6 heteroatoms. The first kappa shape index (κ1) is 16.3. The highest BCUT2D eigenvalue weighted by molar-refractivity contribution is 8.00. The van der Waals surface area contributed by atoms with Gasteiger partial charge in [-0.05, 0) is 39.8 Å². The molecular weight excluding hydrogens is 264 g/mol. The van der Waals surface area contributed by atoms with E-state index in [-0.39, 0.29) is 18.4 Å². The zero-order chi connectivity index (χ0) is 14.3. The quantitative estimate of drug-likeness (QED) is 0.736. The molecule has 1 aliphatic heterocycles. The third-order valence-electron chi connectivity index (χ3n) is 3.24. The Labute approximate surface area is 119 Å². The van der Waals surface area contributed by atoms with E-state index in [4.69, 9.17) is 5.11 Å². The molecular formula is C13H24N2O3S. The summed E-state index contributed by atoms with van der Waals surface area (Å²) in [5.74, 6) is -0.341. The predicted molar refractivity (Wildman–Crippen MR) is 77.5 cm³/mol. The molecule has 19 heavy (non-hydrogen) atoms. The SMILES string of the molecule is CC(C)N(CCC(=O)O)C(=O)CSC1CCNCC1. The maximum absolute atomic E-state index is 12.1. The molecule has 0 bridgehead atoms. The van der Waals surface area contributed by atoms with Gasteiger partial charge in [-0.15, -0.1) is 11.8 Å². The second kappa shape index (κ2) is 8.43. The van der Waals surface area contributed by atoms with Crippen LogP contribution in [0.25, 0.3) is 0 Å². The molecule has 1 saturated heterocycles. The number of piperidine rings is 1. The molecule has 5 nitrogen and oxygen atoms in total. The van der Waals surface area contributed by atoms with E-state index in [1.807, 2.05) is 13.8 Å². The molecule has 110 valence electrons. The van der Waals surface area contributed by atoms with Gasteiger partial charge in [-0.3, -0.25) is 9.59 Å². The number of carbonyl (C=O) groups is 2. The van der Waals surface area contributed by atoms with Crippen LogP contribution in [-0.4, -0.2) is 58.6 Å². The number of nitrogens with zero attached hydrogens (tertiary/aromatic N) is 1. The number of thioether (sulfide) groups is 1. The highest BCUT2D eigenvalue weighted by Gasteiger charge is 2.20. The zero-order valence-electron chi connectivity index (χ0n) is 11.7. The minimum Gasteiger partial charge on any atom is -0.481 e. The number of hydrogen-bond donors (Lipinski definition) is 2. The number of aliphatic carboxylic acids is 1. The second-order valence-electron chi connectivity index (χ2n) is 5.08. The summed E-state index contributed by atoms with van der Waals surface area (Å²) in [6, 6.07) is 0.0560. The van der Waals surface area contributed by atoms with E-state index >= 15 is 0 Å². The molecule has 0 spiro atoms. The maximum Gasteiger partial charge on any atom is 0.305 e. The normalized spacial score (nSPS) is 16.6. The van der Waals surface area contributed by atoms with E-state index in [1.54, 1.807) is 16.7 Å². The molecule has 2 N–H and O–H groups in total. The van der Waals surface area contributed by atoms with Gasteiger partial charge < -0.3 is 15.3 Å². The average Bonchev–Trinajstić information content (AvgIpc) is 2.37. The Balaban J connectivity index is 2.36. The fourth-order valence-electron chi connectivity index (χ4n) is 2.12. The summed E-state index contributed by atoms with van der Waals surface area (Å²) in [5.41, 5.74) is 0. The first-order chi connectivity index (χ1) is 9.00. The fourth-order valence-corrected chi connectivity index (χ4v) is 3.23. The highest BCUT2D eigenvalue weighted by Crippen LogP contribution is 2.20. The lowest BCUT2D eigenvalue weighted by molar-refractivity contribution is -0.138. The van der Waals surface area contributed by atoms with Gasteiger partial charge in [0.2, 0.25) is 5.91 Å². The summed E-state index contributed by atoms with van der Waals surface area (Å²) in [6.45, 7) is 6.21. The van der Waals surface area contributed by atoms with Gasteiger partial charge >= 0.3 is 5.97 Å². The Bertz CT molecular complexity index is 304. The molecule has 0 aromatic heterocycles. The number of rotatable bonds is 7. The largest absolute Gasteiger partial charge is 0.481 e. The van der Waals surface area contributed by atoms with E-state index in [0.29, 0.717) is 17.5 Å². The summed E-state index contributed by atoms with van der Waals surface area (Å²) >= 11 is 1.71. The topological polar surface area (TPSA) is 69.6 Å². The molecule has 0 aliphatic carbocycles. The maximum atomic E-state index is 12.1. The van der Waals surface area contributed by atoms with Crippen LogP contribution in [0.15, 0.2) is 0 Å². The van der Waals surface area contributed by atoms with Crippen LogP contribution in [0.3, 0.4) is 0 Å². The molecule has 1 fully saturated rings. The Hall–Kier alpha value is -0.750. The number of carboxylic acid groups (broad SMARTS) is 1. The highest BCUT2D eigenvalue weighted by atomic mass is 32.2. The predicted octanol–water partition coefficient (Wildman–Crippen LogP) is 1.18. The summed E-state index contributed by atoms with van der Waals surface area (Å²) in [6.07, 6.45) is 2.23. The van der Waals surface area contributed by atoms with Crippen LogP contribution in [0.4, 0.5) is 0 Å². The van der Waals surface area contributed by atoms with Crippen molar-refractivity contribution in [2.24, 2.45) is 0 Å². The van der Waals surface area contributed by atoms with Crippen LogP contribution in [-0.2, 0) is 9.59 Å². The van der Waals surface area contributed by atoms with Gasteiger partial charge in [0, 0.05) is 17.8 Å². The smallest absolute Gasteiger partial charge is 0.305 e. The molecule has 1 amide bonds. The van der Waals surface area contributed by atoms with Crippen LogP contribution in [0.1, 0.15) is 33.1 Å². The van der Waals surface area contributed by atoms with Gasteiger partial charge in [0.05, 0.1) is 12.2 Å². The molecule has 1 aliphatic rings. The van der Waals surface area contributed by atoms with Crippen molar-refractivity contribution in [1.82, 2.24) is 10.2 Å². The zero-order valence-corrected chi connectivity index (χ0v) is 12.5. The Kier molecular flexibility index (Phi) is 7.23. The van der Waals surface area contributed by atoms with Crippen molar-refractivity contribution in [3.8, 4) is 0 Å². The average molecular weight is 288 g/mol. The number of hydrogen-bond acceptors (Lipinski definition) is 4. The van der Waals surface area contributed by atoms with Crippen LogP contribution in [0.5, 0.6) is 0 Å². The second-order valence-corrected chi connectivity index (χ2v) is 6.37. The number of carboxylic acids is 1. The number of carbonyl (C=O) groups excluding carboxylic acids is 1. The lowest BCUT2D eigenvalue weighted by Crippen LogP contribution is -2.40. The molecule has 0 aromatic rings. The van der Waals surface area contributed by atoms with Crippen molar-refractivity contribution in [3.63, 3.8) is 0 Å². The molecule has 0 saturated carbocycles. The van der Waals surface area contributed by atoms with Gasteiger partial charge in [-0.25, -0.2) is 0 Å². The van der Waals surface area contributed by atoms with Gasteiger partial charge in [0.25, 0.3) is 0 Å². The summed E-state index contributed by atoms with van der Waals surface area (Å²) in [4.78, 5) is 24.4. The third-order valence-corrected chi connectivity index (χ3v) is 4.60. The Morgan fingerprint density at radius 2 is 2.00 bits per heavy atom. The van der Waals surface area contributed by atoms with E-state index in [9.17, 15) is 9.59 Å². The molecule has 0 aromatic carbocycles. The fraction of sp³-hybridized carbons (Fsp3) is 0.846. The summed E-state index contributed by atoms with van der Waals surface area (Å²) in [5, 5.41) is 12.6. The van der Waals surface area contributed by atoms with Crippen molar-refractivity contribution in [3.05, 3.63) is 0 Å². The van der Waals surface area contributed by atoms with Crippen molar-refractivity contribution in [2.45, 2.75) is 44.4 Å². The Morgan fingerprint density at radius 3 is 2.53 bits per heavy atom. The van der Waals surface area contributed by atoms with E-state index in [2.05, 4.69) is 5.32 Å². The standard InChI is InChI=1S/C13H24N2O3S/c1-10(2)15(8-5-13(17)18)12(16)9-19-11-3-6-14-7-4-11/h10-11,14H,3-9H2,1-2H3,(H,17,18). The molecule has 1 rings (SSSR count). The van der Waals surface area contributed by atoms with E-state index in [0.717, 1.165) is 25.9 Å². The van der Waals surface area contributed by atoms with Crippen LogP contribution in [0, 0.1) is 0 Å². The van der Waals surface area contributed by atoms with Gasteiger partial charge in [-0.2, -0.15) is 0 Å². The molecule has 0 atom stereocenters.